The Bertz CT molecular complexity index is 563. The molecule has 0 saturated heterocycles. The molecule has 8 heteroatoms. The van der Waals surface area contributed by atoms with Crippen LogP contribution in [0.25, 0.3) is 0 Å². The Morgan fingerprint density at radius 2 is 1.11 bits per heavy atom. The van der Waals surface area contributed by atoms with E-state index in [1.165, 1.54) is 0 Å². The summed E-state index contributed by atoms with van der Waals surface area (Å²) in [5, 5.41) is 28.8. The molecule has 3 atom stereocenters. The van der Waals surface area contributed by atoms with Gasteiger partial charge in [0, 0.05) is 0 Å². The lowest BCUT2D eigenvalue weighted by Crippen LogP contribution is -2.32. The second-order valence-electron chi connectivity index (χ2n) is 3.57. The molecular weight excluding hydrogens is 254 g/mol. The fourth-order valence-electron chi connectivity index (χ4n) is 1.50. The largest absolute Gasteiger partial charge is 0.369 e. The van der Waals surface area contributed by atoms with Gasteiger partial charge in [0.25, 0.3) is 0 Å². The second-order valence-corrected chi connectivity index (χ2v) is 3.57. The summed E-state index contributed by atoms with van der Waals surface area (Å²) in [7, 11) is 0. The molecule has 104 valence electrons. The first-order valence-electron chi connectivity index (χ1n) is 5.28. The van der Waals surface area contributed by atoms with Gasteiger partial charge >= 0.3 is 11.4 Å². The fourth-order valence-corrected chi connectivity index (χ4v) is 1.50. The minimum Gasteiger partial charge on any atom is -0.369 e. The van der Waals surface area contributed by atoms with E-state index in [1.807, 2.05) is 0 Å². The first kappa shape index (κ1) is 14.9. The molecule has 1 aromatic heterocycles. The monoisotopic (exact) mass is 269 g/mol. The molecule has 0 saturated carbocycles. The van der Waals surface area contributed by atoms with Crippen LogP contribution in [0.4, 0.5) is 0 Å². The Hall–Kier alpha value is -2.16. The molecule has 1 aromatic rings. The predicted molar refractivity (Wildman–Crippen MR) is 67.3 cm³/mol. The van der Waals surface area contributed by atoms with Crippen molar-refractivity contribution in [2.45, 2.75) is 18.7 Å². The van der Waals surface area contributed by atoms with Crippen molar-refractivity contribution in [1.82, 2.24) is 13.9 Å². The summed E-state index contributed by atoms with van der Waals surface area (Å²) in [6, 6.07) is 0. The molecule has 0 fully saturated rings. The Balaban J connectivity index is 3.75. The third-order valence-corrected chi connectivity index (χ3v) is 2.43. The van der Waals surface area contributed by atoms with Gasteiger partial charge in [0.2, 0.25) is 0 Å². The topological polar surface area (TPSA) is 110 Å². The third-order valence-electron chi connectivity index (χ3n) is 2.43. The molecule has 0 bridgehead atoms. The molecule has 19 heavy (non-hydrogen) atoms. The summed E-state index contributed by atoms with van der Waals surface area (Å²) in [5.41, 5.74) is -2.04. The van der Waals surface area contributed by atoms with Gasteiger partial charge in [0.05, 0.1) is 0 Å². The molecule has 1 rings (SSSR count). The summed E-state index contributed by atoms with van der Waals surface area (Å²) >= 11 is 0. The van der Waals surface area contributed by atoms with Crippen molar-refractivity contribution in [3.8, 4) is 0 Å². The maximum Gasteiger partial charge on any atom is 0.352 e. The average Bonchev–Trinajstić information content (AvgIpc) is 2.67. The van der Waals surface area contributed by atoms with Crippen LogP contribution in [-0.2, 0) is 0 Å². The van der Waals surface area contributed by atoms with Crippen LogP contribution in [-0.4, -0.2) is 29.3 Å². The van der Waals surface area contributed by atoms with Crippen molar-refractivity contribution in [3.63, 3.8) is 0 Å². The molecule has 0 aliphatic heterocycles. The summed E-state index contributed by atoms with van der Waals surface area (Å²) in [4.78, 5) is 24.0. The second kappa shape index (κ2) is 5.65. The third kappa shape index (κ3) is 2.36. The summed E-state index contributed by atoms with van der Waals surface area (Å²) in [6.07, 6.45) is -1.75. The Kier molecular flexibility index (Phi) is 4.43. The quantitative estimate of drug-likeness (QED) is 0.564. The van der Waals surface area contributed by atoms with Crippen LogP contribution in [0.1, 0.15) is 18.7 Å². The normalized spacial score (nSPS) is 15.5. The van der Waals surface area contributed by atoms with Crippen LogP contribution in [0.15, 0.2) is 47.6 Å². The van der Waals surface area contributed by atoms with Gasteiger partial charge in [-0.3, -0.25) is 0 Å². The Morgan fingerprint density at radius 1 is 0.789 bits per heavy atom. The Labute approximate surface area is 108 Å². The molecule has 3 unspecified atom stereocenters. The van der Waals surface area contributed by atoms with Gasteiger partial charge in [0.1, 0.15) is 0 Å². The average molecular weight is 269 g/mol. The maximum atomic E-state index is 12.0. The van der Waals surface area contributed by atoms with Crippen LogP contribution in [0, 0.1) is 0 Å². The zero-order valence-corrected chi connectivity index (χ0v) is 10.1. The van der Waals surface area contributed by atoms with Gasteiger partial charge in [-0.2, -0.15) is 9.36 Å². The van der Waals surface area contributed by atoms with E-state index in [4.69, 9.17) is 0 Å². The minimum atomic E-state index is -1.58. The van der Waals surface area contributed by atoms with E-state index >= 15 is 0 Å². The van der Waals surface area contributed by atoms with Crippen molar-refractivity contribution < 1.29 is 15.3 Å². The number of nitrogens with zero attached hydrogens (tertiary/aromatic N) is 3. The highest BCUT2D eigenvalue weighted by Gasteiger charge is 2.25. The highest BCUT2D eigenvalue weighted by atomic mass is 16.3. The van der Waals surface area contributed by atoms with Crippen molar-refractivity contribution in [2.75, 3.05) is 0 Å². The zero-order chi connectivity index (χ0) is 14.7. The van der Waals surface area contributed by atoms with Crippen LogP contribution >= 0.6 is 0 Å². The van der Waals surface area contributed by atoms with Gasteiger partial charge < -0.3 is 15.3 Å². The van der Waals surface area contributed by atoms with Gasteiger partial charge in [-0.25, -0.2) is 14.2 Å². The zero-order valence-electron chi connectivity index (χ0n) is 10.1. The molecule has 1 heterocycles. The first-order valence-corrected chi connectivity index (χ1v) is 5.28. The number of aromatic nitrogens is 3. The lowest BCUT2D eigenvalue weighted by Gasteiger charge is -2.14. The summed E-state index contributed by atoms with van der Waals surface area (Å²) in [6.45, 7) is 9.82. The fraction of sp³-hybridized carbons (Fsp3) is 0.273. The predicted octanol–water partition coefficient (Wildman–Crippen LogP) is -1.16. The number of aliphatic hydroxyl groups excluding tert-OH is 3. The maximum absolute atomic E-state index is 12.0. The molecule has 0 aliphatic rings. The number of rotatable bonds is 6. The van der Waals surface area contributed by atoms with E-state index in [2.05, 4.69) is 19.7 Å². The van der Waals surface area contributed by atoms with Crippen LogP contribution in [0.2, 0.25) is 0 Å². The van der Waals surface area contributed by atoms with Crippen molar-refractivity contribution in [1.29, 1.82) is 0 Å². The van der Waals surface area contributed by atoms with Crippen molar-refractivity contribution in [3.05, 3.63) is 58.9 Å². The van der Waals surface area contributed by atoms with E-state index < -0.39 is 30.1 Å². The number of aliphatic hydroxyl groups is 3. The number of hydrogen-bond donors (Lipinski definition) is 3. The van der Waals surface area contributed by atoms with Crippen molar-refractivity contribution in [2.24, 2.45) is 0 Å². The van der Waals surface area contributed by atoms with Crippen LogP contribution in [0.3, 0.4) is 0 Å². The molecule has 0 radical (unpaired) electrons. The van der Waals surface area contributed by atoms with E-state index in [1.54, 1.807) is 0 Å². The van der Waals surface area contributed by atoms with E-state index in [0.29, 0.717) is 13.9 Å². The van der Waals surface area contributed by atoms with Crippen LogP contribution < -0.4 is 11.4 Å². The molecule has 0 aliphatic carbocycles. The van der Waals surface area contributed by atoms with E-state index in [-0.39, 0.29) is 0 Å². The molecule has 0 spiro atoms. The van der Waals surface area contributed by atoms with E-state index in [9.17, 15) is 24.9 Å². The highest BCUT2D eigenvalue weighted by molar-refractivity contribution is 4.90. The van der Waals surface area contributed by atoms with Crippen molar-refractivity contribution >= 4 is 0 Å². The lowest BCUT2D eigenvalue weighted by molar-refractivity contribution is 0.0603. The molecule has 3 N–H and O–H groups in total. The highest BCUT2D eigenvalue weighted by Crippen LogP contribution is 2.06. The smallest absolute Gasteiger partial charge is 0.352 e. The summed E-state index contributed by atoms with van der Waals surface area (Å²) < 4.78 is 1.52. The van der Waals surface area contributed by atoms with Gasteiger partial charge in [-0.15, -0.1) is 0 Å². The first-order chi connectivity index (χ1) is 8.90. The van der Waals surface area contributed by atoms with Crippen LogP contribution in [0.5, 0.6) is 0 Å². The van der Waals surface area contributed by atoms with Gasteiger partial charge in [-0.1, -0.05) is 19.7 Å². The minimum absolute atomic E-state index is 0.423. The van der Waals surface area contributed by atoms with E-state index in [0.717, 1.165) is 18.2 Å². The van der Waals surface area contributed by atoms with Gasteiger partial charge in [0.15, 0.2) is 18.7 Å². The number of hydrogen-bond acceptors (Lipinski definition) is 5. The molecule has 0 amide bonds. The standard InChI is InChI=1S/C11H15N3O5/c1-4-7(15)12-10(18)13(8(16)5-2)14(11(12)19)9(17)6-3/h4-9,15-17H,1-3H2. The molecule has 8 nitrogen and oxygen atoms in total. The SMILES string of the molecule is C=CC(O)n1c(=O)n(C(O)C=C)n(C(O)C=C)c1=O. The molecular formula is C11H15N3O5. The lowest BCUT2D eigenvalue weighted by atomic mass is 10.5. The Morgan fingerprint density at radius 3 is 1.37 bits per heavy atom. The summed E-state index contributed by atoms with van der Waals surface area (Å²) in [5.74, 6) is 0. The molecule has 0 aromatic carbocycles. The van der Waals surface area contributed by atoms with Gasteiger partial charge in [-0.05, 0) is 18.2 Å².